The summed E-state index contributed by atoms with van der Waals surface area (Å²) in [5.74, 6) is -3.98. The maximum atomic E-state index is 14.5. The highest BCUT2D eigenvalue weighted by Gasteiger charge is 2.30. The number of hydrogen-bond donors (Lipinski definition) is 1. The SMILES string of the molecule is Cc1c(Cc2ccc(F)c(C(=O)N3CCN(c4ccc(F)c(F)c4)C(=O)C3)c2)n[nH]c(=O)c1C. The summed E-state index contributed by atoms with van der Waals surface area (Å²) in [5.41, 5.74) is 2.15. The van der Waals surface area contributed by atoms with E-state index in [2.05, 4.69) is 10.2 Å². The van der Waals surface area contributed by atoms with Crippen LogP contribution in [0, 0.1) is 31.3 Å². The van der Waals surface area contributed by atoms with Crippen LogP contribution in [-0.2, 0) is 11.2 Å². The maximum absolute atomic E-state index is 14.5. The molecule has 2 amide bonds. The molecule has 4 rings (SSSR count). The number of halogens is 3. The number of nitrogens with zero attached hydrogens (tertiary/aromatic N) is 3. The molecular formula is C24H21F3N4O3. The third-order valence-corrected chi connectivity index (χ3v) is 5.98. The zero-order chi connectivity index (χ0) is 24.6. The van der Waals surface area contributed by atoms with Gasteiger partial charge in [-0.25, -0.2) is 18.3 Å². The van der Waals surface area contributed by atoms with Crippen molar-refractivity contribution in [3.8, 4) is 0 Å². The Bertz CT molecular complexity index is 1360. The van der Waals surface area contributed by atoms with Crippen molar-refractivity contribution in [2.45, 2.75) is 20.3 Å². The molecule has 1 aromatic heterocycles. The van der Waals surface area contributed by atoms with Crippen molar-refractivity contribution in [3.63, 3.8) is 0 Å². The first-order valence-corrected chi connectivity index (χ1v) is 10.5. The summed E-state index contributed by atoms with van der Waals surface area (Å²) in [6.45, 7) is 3.25. The molecule has 10 heteroatoms. The molecule has 0 spiro atoms. The van der Waals surface area contributed by atoms with Gasteiger partial charge in [-0.3, -0.25) is 14.4 Å². The second-order valence-corrected chi connectivity index (χ2v) is 8.11. The van der Waals surface area contributed by atoms with Crippen molar-refractivity contribution in [2.24, 2.45) is 0 Å². The summed E-state index contributed by atoms with van der Waals surface area (Å²) in [5, 5.41) is 6.47. The van der Waals surface area contributed by atoms with Gasteiger partial charge >= 0.3 is 0 Å². The number of carbonyl (C=O) groups excluding carboxylic acids is 2. The number of rotatable bonds is 4. The molecule has 1 N–H and O–H groups in total. The van der Waals surface area contributed by atoms with Crippen LogP contribution in [0.25, 0.3) is 0 Å². The standard InChI is InChI=1S/C24H21F3N4O3/c1-13-14(2)23(33)29-28-21(13)10-15-3-5-18(25)17(9-15)24(34)30-7-8-31(22(32)12-30)16-4-6-19(26)20(27)11-16/h3-6,9,11H,7-8,10,12H2,1-2H3,(H,29,33). The molecule has 2 heterocycles. The minimum atomic E-state index is -1.08. The van der Waals surface area contributed by atoms with Gasteiger partial charge in [-0.15, -0.1) is 0 Å². The fraction of sp³-hybridized carbons (Fsp3) is 0.250. The van der Waals surface area contributed by atoms with Crippen LogP contribution in [0.2, 0.25) is 0 Å². The molecular weight excluding hydrogens is 449 g/mol. The van der Waals surface area contributed by atoms with E-state index in [1.807, 2.05) is 0 Å². The third kappa shape index (κ3) is 4.43. The van der Waals surface area contributed by atoms with Crippen molar-refractivity contribution in [1.82, 2.24) is 15.1 Å². The predicted molar refractivity (Wildman–Crippen MR) is 118 cm³/mol. The number of benzene rings is 2. The largest absolute Gasteiger partial charge is 0.327 e. The molecule has 34 heavy (non-hydrogen) atoms. The number of piperazine rings is 1. The third-order valence-electron chi connectivity index (χ3n) is 5.98. The molecule has 1 aliphatic rings. The number of amides is 2. The number of aromatic nitrogens is 2. The van der Waals surface area contributed by atoms with Gasteiger partial charge in [-0.05, 0) is 49.2 Å². The first-order valence-electron chi connectivity index (χ1n) is 10.5. The lowest BCUT2D eigenvalue weighted by Crippen LogP contribution is -2.52. The zero-order valence-corrected chi connectivity index (χ0v) is 18.5. The predicted octanol–water partition coefficient (Wildman–Crippen LogP) is 2.88. The van der Waals surface area contributed by atoms with E-state index in [4.69, 9.17) is 0 Å². The molecule has 0 saturated carbocycles. The van der Waals surface area contributed by atoms with E-state index in [-0.39, 0.29) is 42.9 Å². The molecule has 0 atom stereocenters. The number of aromatic amines is 1. The van der Waals surface area contributed by atoms with Gasteiger partial charge in [-0.2, -0.15) is 5.10 Å². The highest BCUT2D eigenvalue weighted by molar-refractivity contribution is 6.01. The number of carbonyl (C=O) groups is 2. The Morgan fingerprint density at radius 3 is 2.41 bits per heavy atom. The highest BCUT2D eigenvalue weighted by atomic mass is 19.2. The van der Waals surface area contributed by atoms with Gasteiger partial charge in [-0.1, -0.05) is 6.07 Å². The van der Waals surface area contributed by atoms with Gasteiger partial charge in [0.15, 0.2) is 11.6 Å². The van der Waals surface area contributed by atoms with Crippen molar-refractivity contribution in [3.05, 3.63) is 92.2 Å². The first-order chi connectivity index (χ1) is 16.2. The summed E-state index contributed by atoms with van der Waals surface area (Å²) in [4.78, 5) is 39.8. The van der Waals surface area contributed by atoms with E-state index >= 15 is 0 Å². The second kappa shape index (κ2) is 9.12. The molecule has 1 fully saturated rings. The number of anilines is 1. The maximum Gasteiger partial charge on any atom is 0.267 e. The van der Waals surface area contributed by atoms with Crippen LogP contribution < -0.4 is 10.5 Å². The van der Waals surface area contributed by atoms with Gasteiger partial charge in [0.1, 0.15) is 12.4 Å². The Labute approximate surface area is 192 Å². The van der Waals surface area contributed by atoms with Crippen LogP contribution >= 0.6 is 0 Å². The Morgan fingerprint density at radius 1 is 0.971 bits per heavy atom. The molecule has 1 aliphatic heterocycles. The highest BCUT2D eigenvalue weighted by Crippen LogP contribution is 2.22. The second-order valence-electron chi connectivity index (χ2n) is 8.11. The summed E-state index contributed by atoms with van der Waals surface area (Å²) < 4.78 is 41.3. The number of hydrogen-bond acceptors (Lipinski definition) is 4. The molecule has 176 valence electrons. The summed E-state index contributed by atoms with van der Waals surface area (Å²) >= 11 is 0. The summed E-state index contributed by atoms with van der Waals surface area (Å²) in [7, 11) is 0. The molecule has 0 aliphatic carbocycles. The average Bonchev–Trinajstić information content (AvgIpc) is 2.82. The molecule has 0 bridgehead atoms. The zero-order valence-electron chi connectivity index (χ0n) is 18.5. The van der Waals surface area contributed by atoms with E-state index in [1.54, 1.807) is 13.8 Å². The topological polar surface area (TPSA) is 86.4 Å². The van der Waals surface area contributed by atoms with Gasteiger partial charge < -0.3 is 9.80 Å². The molecule has 3 aromatic rings. The van der Waals surface area contributed by atoms with Crippen molar-refractivity contribution in [2.75, 3.05) is 24.5 Å². The van der Waals surface area contributed by atoms with Gasteiger partial charge in [0.25, 0.3) is 11.5 Å². The molecule has 0 radical (unpaired) electrons. The van der Waals surface area contributed by atoms with E-state index in [0.717, 1.165) is 12.1 Å². The molecule has 2 aromatic carbocycles. The van der Waals surface area contributed by atoms with Gasteiger partial charge in [0, 0.05) is 36.8 Å². The Kier molecular flexibility index (Phi) is 6.23. The fourth-order valence-corrected chi connectivity index (χ4v) is 3.83. The monoisotopic (exact) mass is 470 g/mol. The first kappa shape index (κ1) is 23.2. The van der Waals surface area contributed by atoms with Crippen molar-refractivity contribution >= 4 is 17.5 Å². The van der Waals surface area contributed by atoms with Crippen LogP contribution in [0.15, 0.2) is 41.2 Å². The smallest absolute Gasteiger partial charge is 0.267 e. The average molecular weight is 470 g/mol. The Hall–Kier alpha value is -3.95. The van der Waals surface area contributed by atoms with Crippen LogP contribution in [0.4, 0.5) is 18.9 Å². The minimum Gasteiger partial charge on any atom is -0.327 e. The van der Waals surface area contributed by atoms with Crippen molar-refractivity contribution in [1.29, 1.82) is 0 Å². The van der Waals surface area contributed by atoms with Crippen LogP contribution in [-0.4, -0.2) is 46.5 Å². The van der Waals surface area contributed by atoms with Crippen molar-refractivity contribution < 1.29 is 22.8 Å². The lowest BCUT2D eigenvalue weighted by molar-refractivity contribution is -0.120. The van der Waals surface area contributed by atoms with E-state index in [0.29, 0.717) is 22.4 Å². The quantitative estimate of drug-likeness (QED) is 0.636. The summed E-state index contributed by atoms with van der Waals surface area (Å²) in [6, 6.07) is 7.24. The van der Waals surface area contributed by atoms with E-state index < -0.39 is 29.3 Å². The number of nitrogens with one attached hydrogen (secondary N) is 1. The molecule has 1 saturated heterocycles. The normalized spacial score (nSPS) is 14.0. The number of H-pyrrole nitrogens is 1. The fourth-order valence-electron chi connectivity index (χ4n) is 3.83. The van der Waals surface area contributed by atoms with Gasteiger partial charge in [0.05, 0.1) is 11.3 Å². The minimum absolute atomic E-state index is 0.0523. The van der Waals surface area contributed by atoms with Crippen LogP contribution in [0.5, 0.6) is 0 Å². The Balaban J connectivity index is 1.52. The summed E-state index contributed by atoms with van der Waals surface area (Å²) in [6.07, 6.45) is 0.271. The van der Waals surface area contributed by atoms with Crippen LogP contribution in [0.1, 0.15) is 32.7 Å². The van der Waals surface area contributed by atoms with Crippen LogP contribution in [0.3, 0.4) is 0 Å². The van der Waals surface area contributed by atoms with Gasteiger partial charge in [0.2, 0.25) is 5.91 Å². The molecule has 0 unspecified atom stereocenters. The van der Waals surface area contributed by atoms with E-state index in [1.165, 1.54) is 34.1 Å². The lowest BCUT2D eigenvalue weighted by Gasteiger charge is -2.34. The molecule has 7 nitrogen and oxygen atoms in total. The lowest BCUT2D eigenvalue weighted by atomic mass is 10.0. The van der Waals surface area contributed by atoms with E-state index in [9.17, 15) is 27.6 Å². The Morgan fingerprint density at radius 2 is 1.71 bits per heavy atom.